The highest BCUT2D eigenvalue weighted by molar-refractivity contribution is 5.77. The number of hydrogen-bond acceptors (Lipinski definition) is 2. The fraction of sp³-hybridized carbons (Fsp3) is 0.364. The lowest BCUT2D eigenvalue weighted by Gasteiger charge is -1.86. The van der Waals surface area contributed by atoms with Crippen LogP contribution in [-0.4, -0.2) is 5.97 Å². The summed E-state index contributed by atoms with van der Waals surface area (Å²) in [6.07, 6.45) is 13.3. The Morgan fingerprint density at radius 1 is 1.23 bits per heavy atom. The van der Waals surface area contributed by atoms with Crippen molar-refractivity contribution in [1.82, 2.24) is 0 Å². The number of unbranched alkanes of at least 4 members (excludes halogenated alkanes) is 2. The van der Waals surface area contributed by atoms with Gasteiger partial charge in [-0.2, -0.15) is 0 Å². The number of allylic oxidation sites excluding steroid dienone is 5. The van der Waals surface area contributed by atoms with Gasteiger partial charge in [-0.15, -0.1) is 0 Å². The molecule has 0 aromatic carbocycles. The van der Waals surface area contributed by atoms with E-state index in [0.717, 1.165) is 12.5 Å². The highest BCUT2D eigenvalue weighted by Gasteiger charge is 1.74. The lowest BCUT2D eigenvalue weighted by molar-refractivity contribution is -0.297. The van der Waals surface area contributed by atoms with E-state index in [9.17, 15) is 9.90 Å². The second-order valence-corrected chi connectivity index (χ2v) is 2.63. The zero-order valence-corrected chi connectivity index (χ0v) is 7.90. The SMILES string of the molecule is CCCC/C=C/C=C/C=C/C(=O)[O-]. The Morgan fingerprint density at radius 3 is 2.54 bits per heavy atom. The van der Waals surface area contributed by atoms with Gasteiger partial charge in [-0.25, -0.2) is 0 Å². The van der Waals surface area contributed by atoms with Crippen LogP contribution in [0.3, 0.4) is 0 Å². The highest BCUT2D eigenvalue weighted by Crippen LogP contribution is 1.94. The average molecular weight is 179 g/mol. The van der Waals surface area contributed by atoms with Crippen LogP contribution in [0.4, 0.5) is 0 Å². The van der Waals surface area contributed by atoms with Crippen molar-refractivity contribution in [2.45, 2.75) is 26.2 Å². The number of rotatable bonds is 6. The topological polar surface area (TPSA) is 40.1 Å². The van der Waals surface area contributed by atoms with Crippen LogP contribution < -0.4 is 5.11 Å². The smallest absolute Gasteiger partial charge is 0.0642 e. The zero-order chi connectivity index (χ0) is 9.94. The molecule has 2 nitrogen and oxygen atoms in total. The summed E-state index contributed by atoms with van der Waals surface area (Å²) in [5.41, 5.74) is 0. The van der Waals surface area contributed by atoms with Gasteiger partial charge >= 0.3 is 0 Å². The molecule has 0 aliphatic carbocycles. The van der Waals surface area contributed by atoms with Gasteiger partial charge in [-0.3, -0.25) is 0 Å². The molecule has 0 spiro atoms. The minimum Gasteiger partial charge on any atom is -0.545 e. The van der Waals surface area contributed by atoms with Gasteiger partial charge in [-0.05, 0) is 12.5 Å². The summed E-state index contributed by atoms with van der Waals surface area (Å²) in [5.74, 6) is -1.17. The van der Waals surface area contributed by atoms with Crippen LogP contribution in [0.1, 0.15) is 26.2 Å². The van der Waals surface area contributed by atoms with Crippen LogP contribution in [0, 0.1) is 0 Å². The van der Waals surface area contributed by atoms with E-state index in [1.165, 1.54) is 18.9 Å². The van der Waals surface area contributed by atoms with E-state index in [2.05, 4.69) is 13.0 Å². The number of hydrogen-bond donors (Lipinski definition) is 0. The molecule has 0 aliphatic heterocycles. The second-order valence-electron chi connectivity index (χ2n) is 2.63. The fourth-order valence-corrected chi connectivity index (χ4v) is 0.759. The molecule has 0 amide bonds. The van der Waals surface area contributed by atoms with E-state index in [1.54, 1.807) is 12.2 Å². The van der Waals surface area contributed by atoms with Gasteiger partial charge in [0.25, 0.3) is 0 Å². The second kappa shape index (κ2) is 8.78. The van der Waals surface area contributed by atoms with Crippen LogP contribution in [-0.2, 0) is 4.79 Å². The molecule has 0 N–H and O–H groups in total. The molecular weight excluding hydrogens is 164 g/mol. The van der Waals surface area contributed by atoms with Crippen LogP contribution in [0.5, 0.6) is 0 Å². The van der Waals surface area contributed by atoms with E-state index in [1.807, 2.05) is 6.08 Å². The first kappa shape index (κ1) is 11.7. The maximum absolute atomic E-state index is 9.92. The molecule has 0 aliphatic rings. The van der Waals surface area contributed by atoms with Crippen molar-refractivity contribution in [3.63, 3.8) is 0 Å². The molecule has 0 saturated heterocycles. The lowest BCUT2D eigenvalue weighted by atomic mass is 10.2. The summed E-state index contributed by atoms with van der Waals surface area (Å²) in [4.78, 5) is 9.92. The predicted molar refractivity (Wildman–Crippen MR) is 52.0 cm³/mol. The Morgan fingerprint density at radius 2 is 1.92 bits per heavy atom. The molecule has 13 heavy (non-hydrogen) atoms. The fourth-order valence-electron chi connectivity index (χ4n) is 0.759. The monoisotopic (exact) mass is 179 g/mol. The van der Waals surface area contributed by atoms with Crippen molar-refractivity contribution >= 4 is 5.97 Å². The number of carboxylic acids is 1. The maximum atomic E-state index is 9.92. The van der Waals surface area contributed by atoms with Gasteiger partial charge in [0.1, 0.15) is 0 Å². The van der Waals surface area contributed by atoms with Gasteiger partial charge in [-0.1, -0.05) is 50.1 Å². The van der Waals surface area contributed by atoms with E-state index in [-0.39, 0.29) is 0 Å². The van der Waals surface area contributed by atoms with Crippen molar-refractivity contribution in [1.29, 1.82) is 0 Å². The average Bonchev–Trinajstić information content (AvgIpc) is 2.09. The Hall–Kier alpha value is -1.31. The van der Waals surface area contributed by atoms with Crippen LogP contribution in [0.15, 0.2) is 36.5 Å². The molecule has 0 radical (unpaired) electrons. The van der Waals surface area contributed by atoms with Gasteiger partial charge in [0, 0.05) is 0 Å². The molecule has 0 bridgehead atoms. The summed E-state index contributed by atoms with van der Waals surface area (Å²) in [5, 5.41) is 9.92. The van der Waals surface area contributed by atoms with Gasteiger partial charge < -0.3 is 9.90 Å². The van der Waals surface area contributed by atoms with E-state index in [4.69, 9.17) is 0 Å². The summed E-state index contributed by atoms with van der Waals surface area (Å²) in [6, 6.07) is 0. The number of aliphatic carboxylic acids is 1. The molecule has 0 aromatic rings. The number of carboxylic acid groups (broad SMARTS) is 1. The molecular formula is C11H15O2-. The lowest BCUT2D eigenvalue weighted by Crippen LogP contribution is -2.18. The summed E-state index contributed by atoms with van der Waals surface area (Å²) < 4.78 is 0. The molecule has 72 valence electrons. The summed E-state index contributed by atoms with van der Waals surface area (Å²) >= 11 is 0. The molecule has 0 saturated carbocycles. The highest BCUT2D eigenvalue weighted by atomic mass is 16.4. The minimum absolute atomic E-state index is 0.996. The van der Waals surface area contributed by atoms with Crippen molar-refractivity contribution < 1.29 is 9.90 Å². The quantitative estimate of drug-likeness (QED) is 0.353. The standard InChI is InChI=1S/C11H16O2/c1-2-3-4-5-6-7-8-9-10-11(12)13/h5-10H,2-4H2,1H3,(H,12,13)/p-1/b6-5+,8-7+,10-9+. The van der Waals surface area contributed by atoms with Crippen molar-refractivity contribution in [3.8, 4) is 0 Å². The molecule has 0 unspecified atom stereocenters. The first-order chi connectivity index (χ1) is 6.27. The summed E-state index contributed by atoms with van der Waals surface area (Å²) in [6.45, 7) is 2.15. The first-order valence-electron chi connectivity index (χ1n) is 4.48. The van der Waals surface area contributed by atoms with Crippen molar-refractivity contribution in [2.75, 3.05) is 0 Å². The minimum atomic E-state index is -1.17. The zero-order valence-electron chi connectivity index (χ0n) is 7.90. The third-order valence-electron chi connectivity index (χ3n) is 1.43. The molecule has 0 aromatic heterocycles. The first-order valence-corrected chi connectivity index (χ1v) is 4.48. The Kier molecular flexibility index (Phi) is 7.90. The van der Waals surface area contributed by atoms with Crippen molar-refractivity contribution in [3.05, 3.63) is 36.5 Å². The van der Waals surface area contributed by atoms with E-state index >= 15 is 0 Å². The van der Waals surface area contributed by atoms with Gasteiger partial charge in [0.05, 0.1) is 5.97 Å². The molecule has 0 atom stereocenters. The summed E-state index contributed by atoms with van der Waals surface area (Å²) in [7, 11) is 0. The normalized spacial score (nSPS) is 12.1. The Labute approximate surface area is 79.3 Å². The van der Waals surface area contributed by atoms with Gasteiger partial charge in [0.15, 0.2) is 0 Å². The predicted octanol–water partition coefficient (Wildman–Crippen LogP) is 1.60. The number of carbonyl (C=O) groups excluding carboxylic acids is 1. The largest absolute Gasteiger partial charge is 0.545 e. The van der Waals surface area contributed by atoms with E-state index < -0.39 is 5.97 Å². The maximum Gasteiger partial charge on any atom is 0.0642 e. The van der Waals surface area contributed by atoms with Crippen LogP contribution in [0.25, 0.3) is 0 Å². The van der Waals surface area contributed by atoms with Gasteiger partial charge in [0.2, 0.25) is 0 Å². The number of carbonyl (C=O) groups is 1. The Balaban J connectivity index is 3.51. The third kappa shape index (κ3) is 10.7. The van der Waals surface area contributed by atoms with Crippen molar-refractivity contribution in [2.24, 2.45) is 0 Å². The molecule has 0 rings (SSSR count). The van der Waals surface area contributed by atoms with E-state index in [0.29, 0.717) is 0 Å². The molecule has 0 heterocycles. The van der Waals surface area contributed by atoms with Crippen LogP contribution in [0.2, 0.25) is 0 Å². The molecule has 2 heteroatoms. The van der Waals surface area contributed by atoms with Crippen LogP contribution >= 0.6 is 0 Å². The Bertz CT molecular complexity index is 212. The molecule has 0 fully saturated rings. The third-order valence-corrected chi connectivity index (χ3v) is 1.43.